The zero-order valence-corrected chi connectivity index (χ0v) is 8.65. The third kappa shape index (κ3) is 1.67. The lowest BCUT2D eigenvalue weighted by molar-refractivity contribution is -0.137. The molecule has 0 atom stereocenters. The molecule has 16 heavy (non-hydrogen) atoms. The topological polar surface area (TPSA) is 41.8 Å². The van der Waals surface area contributed by atoms with Crippen LogP contribution in [-0.2, 0) is 12.7 Å². The predicted octanol–water partition coefficient (Wildman–Crippen LogP) is 2.95. The number of nitrogens with one attached hydrogen (secondary N) is 1. The summed E-state index contributed by atoms with van der Waals surface area (Å²) in [6.45, 7) is 2.03. The van der Waals surface area contributed by atoms with Gasteiger partial charge in [-0.15, -0.1) is 0 Å². The van der Waals surface area contributed by atoms with E-state index in [0.29, 0.717) is 10.9 Å². The predicted molar refractivity (Wildman–Crippen MR) is 55.9 cm³/mol. The average molecular weight is 228 g/mol. The number of halogens is 3. The fraction of sp³-hybridized carbons (Fsp3) is 0.273. The molecular formula is C11H11F3N2. The van der Waals surface area contributed by atoms with Gasteiger partial charge in [-0.2, -0.15) is 13.2 Å². The van der Waals surface area contributed by atoms with E-state index in [1.54, 1.807) is 6.92 Å². The van der Waals surface area contributed by atoms with Crippen molar-refractivity contribution in [3.8, 4) is 0 Å². The highest BCUT2D eigenvalue weighted by molar-refractivity contribution is 5.85. The summed E-state index contributed by atoms with van der Waals surface area (Å²) in [6, 6.07) is 3.64. The molecule has 0 fully saturated rings. The normalized spacial score (nSPS) is 12.3. The number of aromatic amines is 1. The van der Waals surface area contributed by atoms with Gasteiger partial charge in [0.1, 0.15) is 0 Å². The van der Waals surface area contributed by atoms with Crippen LogP contribution >= 0.6 is 0 Å². The molecule has 5 heteroatoms. The number of aromatic nitrogens is 1. The molecule has 0 radical (unpaired) electrons. The number of H-pyrrole nitrogens is 1. The van der Waals surface area contributed by atoms with E-state index >= 15 is 0 Å². The Labute approximate surface area is 90.3 Å². The van der Waals surface area contributed by atoms with Crippen LogP contribution in [-0.4, -0.2) is 4.98 Å². The van der Waals surface area contributed by atoms with E-state index in [-0.39, 0.29) is 6.54 Å². The van der Waals surface area contributed by atoms with E-state index < -0.39 is 11.7 Å². The van der Waals surface area contributed by atoms with Gasteiger partial charge in [-0.1, -0.05) is 0 Å². The second-order valence-corrected chi connectivity index (χ2v) is 3.69. The molecule has 0 bridgehead atoms. The minimum Gasteiger partial charge on any atom is -0.358 e. The van der Waals surface area contributed by atoms with Crippen molar-refractivity contribution in [1.29, 1.82) is 0 Å². The van der Waals surface area contributed by atoms with Crippen molar-refractivity contribution in [2.45, 2.75) is 19.6 Å². The van der Waals surface area contributed by atoms with Crippen molar-refractivity contribution in [1.82, 2.24) is 4.98 Å². The minimum atomic E-state index is -4.31. The van der Waals surface area contributed by atoms with E-state index in [1.165, 1.54) is 6.07 Å². The summed E-state index contributed by atoms with van der Waals surface area (Å²) in [7, 11) is 0. The number of aryl methyl sites for hydroxylation is 1. The number of nitrogens with two attached hydrogens (primary N) is 1. The molecule has 1 aromatic heterocycles. The van der Waals surface area contributed by atoms with Crippen LogP contribution in [0.1, 0.15) is 16.8 Å². The summed E-state index contributed by atoms with van der Waals surface area (Å²) >= 11 is 0. The Morgan fingerprint density at radius 3 is 2.56 bits per heavy atom. The number of rotatable bonds is 1. The lowest BCUT2D eigenvalue weighted by atomic mass is 10.1. The summed E-state index contributed by atoms with van der Waals surface area (Å²) in [6.07, 6.45) is -4.31. The van der Waals surface area contributed by atoms with Crippen LogP contribution < -0.4 is 5.73 Å². The van der Waals surface area contributed by atoms with Crippen molar-refractivity contribution >= 4 is 10.9 Å². The summed E-state index contributed by atoms with van der Waals surface area (Å²) in [5.41, 5.74) is 7.11. The van der Waals surface area contributed by atoms with Crippen molar-refractivity contribution in [3.05, 3.63) is 35.0 Å². The molecule has 1 aromatic carbocycles. The molecule has 0 saturated carbocycles. The molecule has 3 N–H and O–H groups in total. The van der Waals surface area contributed by atoms with Gasteiger partial charge in [0.25, 0.3) is 0 Å². The molecule has 0 aliphatic rings. The molecule has 0 aliphatic heterocycles. The quantitative estimate of drug-likeness (QED) is 0.774. The number of hydrogen-bond acceptors (Lipinski definition) is 1. The highest BCUT2D eigenvalue weighted by Gasteiger charge is 2.30. The molecule has 0 spiro atoms. The summed E-state index contributed by atoms with van der Waals surface area (Å²) in [5.74, 6) is 0. The van der Waals surface area contributed by atoms with E-state index in [2.05, 4.69) is 4.98 Å². The van der Waals surface area contributed by atoms with E-state index in [1.807, 2.05) is 0 Å². The third-order valence-corrected chi connectivity index (χ3v) is 2.65. The fourth-order valence-corrected chi connectivity index (χ4v) is 1.82. The van der Waals surface area contributed by atoms with Crippen LogP contribution in [0.15, 0.2) is 18.2 Å². The van der Waals surface area contributed by atoms with E-state index in [0.717, 1.165) is 23.4 Å². The Balaban J connectivity index is 2.69. The highest BCUT2D eigenvalue weighted by atomic mass is 19.4. The average Bonchev–Trinajstić information content (AvgIpc) is 2.50. The Bertz CT molecular complexity index is 526. The standard InChI is InChI=1S/C11H11F3N2/c1-6-9(5-15)8-4-7(11(12,13)14)2-3-10(8)16-6/h2-4,16H,5,15H2,1H3. The molecule has 0 amide bonds. The maximum atomic E-state index is 12.5. The van der Waals surface area contributed by atoms with Gasteiger partial charge in [0.15, 0.2) is 0 Å². The lowest BCUT2D eigenvalue weighted by Crippen LogP contribution is -2.04. The monoisotopic (exact) mass is 228 g/mol. The Morgan fingerprint density at radius 2 is 2.00 bits per heavy atom. The maximum Gasteiger partial charge on any atom is 0.416 e. The van der Waals surface area contributed by atoms with Gasteiger partial charge in [-0.25, -0.2) is 0 Å². The summed E-state index contributed by atoms with van der Waals surface area (Å²) in [4.78, 5) is 3.01. The van der Waals surface area contributed by atoms with Crippen LogP contribution in [0.2, 0.25) is 0 Å². The molecule has 2 rings (SSSR count). The summed E-state index contributed by atoms with van der Waals surface area (Å²) < 4.78 is 37.6. The Hall–Kier alpha value is -1.49. The summed E-state index contributed by atoms with van der Waals surface area (Å²) in [5, 5.41) is 0.551. The zero-order chi connectivity index (χ0) is 11.9. The number of hydrogen-bond donors (Lipinski definition) is 2. The SMILES string of the molecule is Cc1[nH]c2ccc(C(F)(F)F)cc2c1CN. The second kappa shape index (κ2) is 3.52. The van der Waals surface area contributed by atoms with Gasteiger partial charge in [-0.3, -0.25) is 0 Å². The van der Waals surface area contributed by atoms with Crippen LogP contribution in [0, 0.1) is 6.92 Å². The maximum absolute atomic E-state index is 12.5. The molecule has 0 saturated heterocycles. The van der Waals surface area contributed by atoms with Crippen molar-refractivity contribution in [2.24, 2.45) is 5.73 Å². The number of benzene rings is 1. The first kappa shape index (κ1) is 11.0. The Kier molecular flexibility index (Phi) is 2.42. The molecule has 86 valence electrons. The van der Waals surface area contributed by atoms with Crippen LogP contribution in [0.4, 0.5) is 13.2 Å². The molecule has 0 unspecified atom stereocenters. The third-order valence-electron chi connectivity index (χ3n) is 2.65. The van der Waals surface area contributed by atoms with E-state index in [4.69, 9.17) is 5.73 Å². The van der Waals surface area contributed by atoms with Gasteiger partial charge in [0.05, 0.1) is 5.56 Å². The molecular weight excluding hydrogens is 217 g/mol. The highest BCUT2D eigenvalue weighted by Crippen LogP contribution is 2.32. The molecule has 2 nitrogen and oxygen atoms in total. The first-order chi connectivity index (χ1) is 7.43. The number of fused-ring (bicyclic) bond motifs is 1. The molecule has 2 aromatic rings. The van der Waals surface area contributed by atoms with Gasteiger partial charge < -0.3 is 10.7 Å². The van der Waals surface area contributed by atoms with Gasteiger partial charge in [0, 0.05) is 23.1 Å². The van der Waals surface area contributed by atoms with Crippen molar-refractivity contribution in [3.63, 3.8) is 0 Å². The molecule has 0 aliphatic carbocycles. The van der Waals surface area contributed by atoms with Crippen molar-refractivity contribution < 1.29 is 13.2 Å². The van der Waals surface area contributed by atoms with Crippen molar-refractivity contribution in [2.75, 3.05) is 0 Å². The second-order valence-electron chi connectivity index (χ2n) is 3.69. The minimum absolute atomic E-state index is 0.229. The first-order valence-electron chi connectivity index (χ1n) is 4.82. The Morgan fingerprint density at radius 1 is 1.31 bits per heavy atom. The fourth-order valence-electron chi connectivity index (χ4n) is 1.82. The smallest absolute Gasteiger partial charge is 0.358 e. The van der Waals surface area contributed by atoms with E-state index in [9.17, 15) is 13.2 Å². The van der Waals surface area contributed by atoms with Crippen LogP contribution in [0.25, 0.3) is 10.9 Å². The van der Waals surface area contributed by atoms with Gasteiger partial charge >= 0.3 is 6.18 Å². The molecule has 1 heterocycles. The number of alkyl halides is 3. The van der Waals surface area contributed by atoms with Crippen LogP contribution in [0.3, 0.4) is 0 Å². The van der Waals surface area contributed by atoms with Gasteiger partial charge in [-0.05, 0) is 30.7 Å². The zero-order valence-electron chi connectivity index (χ0n) is 8.65. The lowest BCUT2D eigenvalue weighted by Gasteiger charge is -2.06. The van der Waals surface area contributed by atoms with Crippen LogP contribution in [0.5, 0.6) is 0 Å². The first-order valence-corrected chi connectivity index (χ1v) is 4.82. The largest absolute Gasteiger partial charge is 0.416 e. The van der Waals surface area contributed by atoms with Gasteiger partial charge in [0.2, 0.25) is 0 Å².